The number of thiazole rings is 2. The monoisotopic (exact) mass is 633 g/mol. The molecule has 11 heteroatoms. The summed E-state index contributed by atoms with van der Waals surface area (Å²) in [4.78, 5) is 50.7. The topological polar surface area (TPSA) is 107 Å². The summed E-state index contributed by atoms with van der Waals surface area (Å²) in [5.74, 6) is -0.592. The minimum absolute atomic E-state index is 0.181. The van der Waals surface area contributed by atoms with Gasteiger partial charge in [0.2, 0.25) is 0 Å². The summed E-state index contributed by atoms with van der Waals surface area (Å²) < 4.78 is 11.9. The number of benzene rings is 1. The quantitative estimate of drug-likeness (QED) is 0.207. The Hall–Kier alpha value is -3.70. The molecule has 0 radical (unpaired) electrons. The molecule has 232 valence electrons. The van der Waals surface area contributed by atoms with Crippen molar-refractivity contribution in [2.75, 3.05) is 7.11 Å². The van der Waals surface area contributed by atoms with Crippen LogP contribution in [-0.4, -0.2) is 55.0 Å². The van der Waals surface area contributed by atoms with Crippen LogP contribution in [-0.2, 0) is 21.4 Å². The third-order valence-corrected chi connectivity index (χ3v) is 9.48. The van der Waals surface area contributed by atoms with Gasteiger partial charge in [-0.15, -0.1) is 22.7 Å². The highest BCUT2D eigenvalue weighted by Crippen LogP contribution is 2.54. The van der Waals surface area contributed by atoms with Crippen LogP contribution in [0, 0.1) is 6.92 Å². The minimum Gasteiger partial charge on any atom is -0.496 e. The molecule has 1 fully saturated rings. The van der Waals surface area contributed by atoms with Gasteiger partial charge in [-0.2, -0.15) is 0 Å². The van der Waals surface area contributed by atoms with Crippen LogP contribution in [0.15, 0.2) is 54.6 Å². The van der Waals surface area contributed by atoms with Crippen LogP contribution in [0.2, 0.25) is 0 Å². The molecule has 1 aliphatic heterocycles. The molecule has 4 heterocycles. The number of hydrogen-bond donors (Lipinski definition) is 0. The highest BCUT2D eigenvalue weighted by atomic mass is 32.1. The zero-order valence-electron chi connectivity index (χ0n) is 26.5. The van der Waals surface area contributed by atoms with E-state index in [1.807, 2.05) is 45.2 Å². The fourth-order valence-corrected chi connectivity index (χ4v) is 7.51. The molecule has 3 atom stereocenters. The van der Waals surface area contributed by atoms with Gasteiger partial charge in [0.05, 0.1) is 23.9 Å². The van der Waals surface area contributed by atoms with E-state index in [4.69, 9.17) is 14.5 Å². The van der Waals surface area contributed by atoms with E-state index in [-0.39, 0.29) is 30.1 Å². The standard InChI is InChI=1S/C33H39N5O4S2/c1-20-18-37-28(44-20)27-22(24-19-34-11-12-35-24)16-33(17-26-36-13-14-43-26,30(40)42-32(5,6)7)38(27)29(39)21-9-10-23(31(2,3)4)25(15-21)41-8/h9-15,18-19,22,27H,16-17H2,1-8H3/t22-,27-,33-/m1/s1. The summed E-state index contributed by atoms with van der Waals surface area (Å²) in [6.07, 6.45) is 8.90. The highest BCUT2D eigenvalue weighted by molar-refractivity contribution is 7.11. The fourth-order valence-electron chi connectivity index (χ4n) is 5.86. The van der Waals surface area contributed by atoms with Crippen LogP contribution in [0.4, 0.5) is 0 Å². The van der Waals surface area contributed by atoms with Gasteiger partial charge in [-0.1, -0.05) is 26.8 Å². The van der Waals surface area contributed by atoms with E-state index in [1.54, 1.807) is 49.1 Å². The number of aryl methyl sites for hydroxylation is 1. The molecule has 0 aliphatic carbocycles. The maximum atomic E-state index is 15.0. The molecule has 0 N–H and O–H groups in total. The number of likely N-dealkylation sites (tertiary alicyclic amines) is 1. The number of carbonyl (C=O) groups is 2. The zero-order valence-corrected chi connectivity index (χ0v) is 28.1. The number of esters is 1. The molecule has 1 aliphatic rings. The number of nitrogens with zero attached hydrogens (tertiary/aromatic N) is 5. The van der Waals surface area contributed by atoms with Gasteiger partial charge in [0.1, 0.15) is 21.9 Å². The first kappa shape index (κ1) is 31.7. The molecular formula is C33H39N5O4S2. The van der Waals surface area contributed by atoms with Crippen LogP contribution < -0.4 is 4.74 Å². The van der Waals surface area contributed by atoms with Crippen molar-refractivity contribution < 1.29 is 19.1 Å². The molecule has 3 aromatic heterocycles. The molecule has 0 saturated carbocycles. The van der Waals surface area contributed by atoms with E-state index in [9.17, 15) is 4.79 Å². The lowest BCUT2D eigenvalue weighted by molar-refractivity contribution is -0.167. The minimum atomic E-state index is -1.41. The summed E-state index contributed by atoms with van der Waals surface area (Å²) in [5, 5.41) is 3.31. The van der Waals surface area contributed by atoms with Crippen molar-refractivity contribution in [1.29, 1.82) is 0 Å². The summed E-state index contributed by atoms with van der Waals surface area (Å²) >= 11 is 2.95. The van der Waals surface area contributed by atoms with E-state index < -0.39 is 23.2 Å². The van der Waals surface area contributed by atoms with Gasteiger partial charge in [0, 0.05) is 59.1 Å². The Labute approximate surface area is 266 Å². The Bertz CT molecular complexity index is 1630. The molecule has 0 spiro atoms. The van der Waals surface area contributed by atoms with Crippen LogP contribution >= 0.6 is 22.7 Å². The van der Waals surface area contributed by atoms with Crippen LogP contribution in [0.1, 0.15) is 96.4 Å². The summed E-state index contributed by atoms with van der Waals surface area (Å²) in [6, 6.07) is 4.90. The Morgan fingerprint density at radius 1 is 1.05 bits per heavy atom. The average Bonchev–Trinajstić information content (AvgIpc) is 3.71. The highest BCUT2D eigenvalue weighted by Gasteiger charge is 2.61. The number of aromatic nitrogens is 4. The van der Waals surface area contributed by atoms with Crippen LogP contribution in [0.5, 0.6) is 5.75 Å². The first-order valence-corrected chi connectivity index (χ1v) is 16.3. The van der Waals surface area contributed by atoms with Crippen molar-refractivity contribution >= 4 is 34.6 Å². The summed E-state index contributed by atoms with van der Waals surface area (Å²) in [6.45, 7) is 13.8. The van der Waals surface area contributed by atoms with E-state index in [1.165, 1.54) is 22.7 Å². The molecular weight excluding hydrogens is 595 g/mol. The Morgan fingerprint density at radius 2 is 1.82 bits per heavy atom. The Balaban J connectivity index is 1.77. The molecule has 1 saturated heterocycles. The molecule has 44 heavy (non-hydrogen) atoms. The predicted octanol–water partition coefficient (Wildman–Crippen LogP) is 6.70. The molecule has 4 aromatic rings. The molecule has 1 amide bonds. The maximum absolute atomic E-state index is 15.0. The Morgan fingerprint density at radius 3 is 2.39 bits per heavy atom. The molecule has 9 nitrogen and oxygen atoms in total. The zero-order chi connectivity index (χ0) is 31.9. The van der Waals surface area contributed by atoms with Crippen molar-refractivity contribution in [2.45, 2.75) is 89.8 Å². The first-order valence-electron chi connectivity index (χ1n) is 14.6. The number of ether oxygens (including phenoxy) is 2. The fraction of sp³-hybridized carbons (Fsp3) is 0.455. The van der Waals surface area contributed by atoms with Gasteiger partial charge in [-0.25, -0.2) is 14.8 Å². The lowest BCUT2D eigenvalue weighted by atomic mass is 9.85. The molecule has 0 unspecified atom stereocenters. The van der Waals surface area contributed by atoms with Crippen LogP contribution in [0.25, 0.3) is 0 Å². The average molecular weight is 634 g/mol. The number of carbonyl (C=O) groups excluding carboxylic acids is 2. The predicted molar refractivity (Wildman–Crippen MR) is 171 cm³/mol. The second-order valence-corrected chi connectivity index (χ2v) is 15.4. The molecule has 5 rings (SSSR count). The third kappa shape index (κ3) is 6.25. The smallest absolute Gasteiger partial charge is 0.333 e. The van der Waals surface area contributed by atoms with E-state index >= 15 is 4.79 Å². The first-order chi connectivity index (χ1) is 20.7. The summed E-state index contributed by atoms with van der Waals surface area (Å²) in [7, 11) is 1.60. The van der Waals surface area contributed by atoms with E-state index in [0.29, 0.717) is 22.0 Å². The van der Waals surface area contributed by atoms with Gasteiger partial charge in [0.15, 0.2) is 0 Å². The van der Waals surface area contributed by atoms with Crippen molar-refractivity contribution in [1.82, 2.24) is 24.8 Å². The largest absolute Gasteiger partial charge is 0.496 e. The van der Waals surface area contributed by atoms with E-state index in [0.717, 1.165) is 15.4 Å². The van der Waals surface area contributed by atoms with Gasteiger partial charge in [-0.3, -0.25) is 14.8 Å². The number of hydrogen-bond acceptors (Lipinski definition) is 10. The van der Waals surface area contributed by atoms with Crippen molar-refractivity contribution in [3.63, 3.8) is 0 Å². The van der Waals surface area contributed by atoms with Gasteiger partial charge < -0.3 is 14.4 Å². The van der Waals surface area contributed by atoms with Gasteiger partial charge >= 0.3 is 5.97 Å². The number of amides is 1. The van der Waals surface area contributed by atoms with Crippen molar-refractivity contribution in [3.05, 3.63) is 86.3 Å². The number of rotatable bonds is 7. The van der Waals surface area contributed by atoms with Crippen molar-refractivity contribution in [3.8, 4) is 5.75 Å². The SMILES string of the molecule is COc1cc(C(=O)N2[C@@H](c3ncc(C)s3)[C@@H](c3cnccn3)C[C@@]2(Cc2nccs2)C(=O)OC(C)(C)C)ccc1C(C)(C)C. The van der Waals surface area contributed by atoms with E-state index in [2.05, 4.69) is 35.7 Å². The second-order valence-electron chi connectivity index (χ2n) is 13.2. The molecule has 0 bridgehead atoms. The third-order valence-electron chi connectivity index (χ3n) is 7.71. The van der Waals surface area contributed by atoms with Gasteiger partial charge in [-0.05, 0) is 57.2 Å². The van der Waals surface area contributed by atoms with Gasteiger partial charge in [0.25, 0.3) is 5.91 Å². The normalized spacial score (nSPS) is 20.5. The van der Waals surface area contributed by atoms with Crippen LogP contribution in [0.3, 0.4) is 0 Å². The molecule has 1 aromatic carbocycles. The second kappa shape index (κ2) is 12.0. The lowest BCUT2D eigenvalue weighted by Gasteiger charge is -2.40. The van der Waals surface area contributed by atoms with Crippen molar-refractivity contribution in [2.24, 2.45) is 0 Å². The Kier molecular flexibility index (Phi) is 8.65. The maximum Gasteiger partial charge on any atom is 0.333 e. The number of methoxy groups -OCH3 is 1. The lowest BCUT2D eigenvalue weighted by Crippen LogP contribution is -2.57. The summed E-state index contributed by atoms with van der Waals surface area (Å²) in [5.41, 5.74) is -0.358.